The van der Waals surface area contributed by atoms with Crippen LogP contribution in [0.5, 0.6) is 0 Å². The summed E-state index contributed by atoms with van der Waals surface area (Å²) in [5.74, 6) is -0.165. The summed E-state index contributed by atoms with van der Waals surface area (Å²) in [4.78, 5) is 27.5. The monoisotopic (exact) mass is 417 g/mol. The molecular weight excluding hydrogens is 386 g/mol. The molecule has 1 N–H and O–H groups in total. The number of nitrogens with zero attached hydrogens (tertiary/aromatic N) is 2. The summed E-state index contributed by atoms with van der Waals surface area (Å²) in [5, 5.41) is 2.94. The van der Waals surface area contributed by atoms with E-state index in [2.05, 4.69) is 23.7 Å². The highest BCUT2D eigenvalue weighted by Crippen LogP contribution is 2.27. The molecule has 162 valence electrons. The molecule has 3 aromatic rings. The van der Waals surface area contributed by atoms with Crippen molar-refractivity contribution in [1.82, 2.24) is 9.47 Å². The molecule has 0 radical (unpaired) electrons. The Labute approximate surface area is 184 Å². The first-order chi connectivity index (χ1) is 14.7. The quantitative estimate of drug-likeness (QED) is 0.553. The molecule has 0 fully saturated rings. The Balaban J connectivity index is 1.79. The fraction of sp³-hybridized carbons (Fsp3) is 0.308. The van der Waals surface area contributed by atoms with E-state index >= 15 is 0 Å². The third kappa shape index (κ3) is 4.71. The molecule has 0 aliphatic carbocycles. The first kappa shape index (κ1) is 22.3. The molecule has 0 saturated carbocycles. The Morgan fingerprint density at radius 2 is 1.61 bits per heavy atom. The van der Waals surface area contributed by atoms with Gasteiger partial charge in [0.1, 0.15) is 0 Å². The lowest BCUT2D eigenvalue weighted by atomic mass is 10.1. The van der Waals surface area contributed by atoms with Gasteiger partial charge in [0.15, 0.2) is 0 Å². The van der Waals surface area contributed by atoms with E-state index in [0.29, 0.717) is 17.3 Å². The van der Waals surface area contributed by atoms with Crippen molar-refractivity contribution in [2.75, 3.05) is 12.4 Å². The topological polar surface area (TPSA) is 54.3 Å². The molecule has 2 amide bonds. The maximum absolute atomic E-state index is 13.3. The molecule has 31 heavy (non-hydrogen) atoms. The fourth-order valence-electron chi connectivity index (χ4n) is 4.05. The van der Waals surface area contributed by atoms with Crippen LogP contribution in [0.3, 0.4) is 0 Å². The zero-order valence-electron chi connectivity index (χ0n) is 19.1. The lowest BCUT2D eigenvalue weighted by Crippen LogP contribution is -2.30. The first-order valence-electron chi connectivity index (χ1n) is 10.6. The van der Waals surface area contributed by atoms with Crippen LogP contribution in [0.25, 0.3) is 0 Å². The van der Waals surface area contributed by atoms with Crippen molar-refractivity contribution >= 4 is 17.5 Å². The Morgan fingerprint density at radius 1 is 0.935 bits per heavy atom. The predicted molar refractivity (Wildman–Crippen MR) is 126 cm³/mol. The Kier molecular flexibility index (Phi) is 6.64. The summed E-state index contributed by atoms with van der Waals surface area (Å²) < 4.78 is 2.19. The van der Waals surface area contributed by atoms with Crippen molar-refractivity contribution in [2.45, 2.75) is 46.7 Å². The van der Waals surface area contributed by atoms with Crippen molar-refractivity contribution in [3.05, 3.63) is 88.7 Å². The van der Waals surface area contributed by atoms with Gasteiger partial charge in [-0.1, -0.05) is 30.3 Å². The van der Waals surface area contributed by atoms with Crippen LogP contribution in [0.4, 0.5) is 5.69 Å². The number of carbonyl (C=O) groups is 2. The highest BCUT2D eigenvalue weighted by Gasteiger charge is 2.24. The Hall–Kier alpha value is -3.34. The summed E-state index contributed by atoms with van der Waals surface area (Å²) in [6.07, 6.45) is 0. The first-order valence-corrected chi connectivity index (χ1v) is 10.6. The van der Waals surface area contributed by atoms with Crippen molar-refractivity contribution in [3.8, 4) is 0 Å². The third-order valence-electron chi connectivity index (χ3n) is 5.80. The second-order valence-corrected chi connectivity index (χ2v) is 8.29. The maximum Gasteiger partial charge on any atom is 0.255 e. The molecule has 0 aliphatic heterocycles. The largest absolute Gasteiger partial charge is 0.346 e. The van der Waals surface area contributed by atoms with Gasteiger partial charge in [-0.15, -0.1) is 0 Å². The van der Waals surface area contributed by atoms with Crippen molar-refractivity contribution < 1.29 is 9.59 Å². The summed E-state index contributed by atoms with van der Waals surface area (Å²) in [7, 11) is 1.82. The molecular formula is C26H31N3O2. The van der Waals surface area contributed by atoms with Crippen LogP contribution in [0, 0.1) is 13.8 Å². The second-order valence-electron chi connectivity index (χ2n) is 8.29. The van der Waals surface area contributed by atoms with Crippen LogP contribution in [-0.2, 0) is 0 Å². The number of amides is 2. The van der Waals surface area contributed by atoms with Gasteiger partial charge in [0, 0.05) is 35.7 Å². The standard InChI is InChI=1S/C26H31N3O2/c1-17(2)29-18(3)15-24(20(29)5)26(31)28(6)19(4)22-13-10-14-23(16-22)27-25(30)21-11-8-7-9-12-21/h7-17,19H,1-6H3,(H,27,30). The molecule has 1 heterocycles. The maximum atomic E-state index is 13.3. The summed E-state index contributed by atoms with van der Waals surface area (Å²) in [5.41, 5.74) is 5.07. The highest BCUT2D eigenvalue weighted by molar-refractivity contribution is 6.04. The lowest BCUT2D eigenvalue weighted by Gasteiger charge is -2.26. The highest BCUT2D eigenvalue weighted by atomic mass is 16.2. The van der Waals surface area contributed by atoms with Crippen LogP contribution in [0.15, 0.2) is 60.7 Å². The minimum Gasteiger partial charge on any atom is -0.346 e. The number of nitrogens with one attached hydrogen (secondary N) is 1. The molecule has 5 nitrogen and oxygen atoms in total. The summed E-state index contributed by atoms with van der Waals surface area (Å²) in [6, 6.07) is 18.9. The van der Waals surface area contributed by atoms with Gasteiger partial charge in [-0.25, -0.2) is 0 Å². The van der Waals surface area contributed by atoms with E-state index in [1.807, 2.05) is 76.3 Å². The van der Waals surface area contributed by atoms with Crippen LogP contribution in [-0.4, -0.2) is 28.3 Å². The summed E-state index contributed by atoms with van der Waals surface area (Å²) in [6.45, 7) is 10.3. The molecule has 1 atom stereocenters. The number of aromatic nitrogens is 1. The smallest absolute Gasteiger partial charge is 0.255 e. The molecule has 1 unspecified atom stereocenters. The zero-order chi connectivity index (χ0) is 22.7. The molecule has 2 aromatic carbocycles. The van der Waals surface area contributed by atoms with Crippen LogP contribution in [0.1, 0.15) is 70.5 Å². The van der Waals surface area contributed by atoms with Gasteiger partial charge in [0.25, 0.3) is 11.8 Å². The van der Waals surface area contributed by atoms with Gasteiger partial charge in [-0.05, 0) is 70.5 Å². The predicted octanol–water partition coefficient (Wildman–Crippen LogP) is 5.77. The third-order valence-corrected chi connectivity index (χ3v) is 5.80. The van der Waals surface area contributed by atoms with E-state index in [4.69, 9.17) is 0 Å². The van der Waals surface area contributed by atoms with Crippen LogP contribution < -0.4 is 5.32 Å². The number of rotatable bonds is 6. The van der Waals surface area contributed by atoms with Crippen LogP contribution >= 0.6 is 0 Å². The van der Waals surface area contributed by atoms with Gasteiger partial charge >= 0.3 is 0 Å². The Bertz CT molecular complexity index is 1080. The molecule has 3 rings (SSSR count). The number of benzene rings is 2. The Morgan fingerprint density at radius 3 is 2.23 bits per heavy atom. The zero-order valence-corrected chi connectivity index (χ0v) is 19.1. The van der Waals surface area contributed by atoms with Gasteiger partial charge in [-0.3, -0.25) is 9.59 Å². The molecule has 5 heteroatoms. The lowest BCUT2D eigenvalue weighted by molar-refractivity contribution is 0.0741. The van der Waals surface area contributed by atoms with E-state index in [1.54, 1.807) is 17.0 Å². The average molecular weight is 418 g/mol. The number of carbonyl (C=O) groups excluding carboxylic acids is 2. The van der Waals surface area contributed by atoms with E-state index < -0.39 is 0 Å². The van der Waals surface area contributed by atoms with E-state index in [0.717, 1.165) is 22.5 Å². The van der Waals surface area contributed by atoms with Crippen LogP contribution in [0.2, 0.25) is 0 Å². The van der Waals surface area contributed by atoms with Crippen molar-refractivity contribution in [2.24, 2.45) is 0 Å². The molecule has 0 saturated heterocycles. The van der Waals surface area contributed by atoms with Crippen molar-refractivity contribution in [1.29, 1.82) is 0 Å². The number of hydrogen-bond donors (Lipinski definition) is 1. The second kappa shape index (κ2) is 9.21. The van der Waals surface area contributed by atoms with Crippen molar-refractivity contribution in [3.63, 3.8) is 0 Å². The molecule has 0 bridgehead atoms. The van der Waals surface area contributed by atoms with Gasteiger partial charge in [-0.2, -0.15) is 0 Å². The molecule has 1 aromatic heterocycles. The summed E-state index contributed by atoms with van der Waals surface area (Å²) >= 11 is 0. The molecule has 0 spiro atoms. The minimum atomic E-state index is -0.157. The average Bonchev–Trinajstić information content (AvgIpc) is 3.06. The minimum absolute atomic E-state index is 0.00813. The number of anilines is 1. The van der Waals surface area contributed by atoms with E-state index in [-0.39, 0.29) is 17.9 Å². The van der Waals surface area contributed by atoms with Gasteiger partial charge in [0.05, 0.1) is 11.6 Å². The number of aryl methyl sites for hydroxylation is 1. The normalized spacial score (nSPS) is 12.0. The molecule has 0 aliphatic rings. The van der Waals surface area contributed by atoms with Gasteiger partial charge < -0.3 is 14.8 Å². The van der Waals surface area contributed by atoms with E-state index in [1.165, 1.54) is 0 Å². The SMILES string of the molecule is Cc1cc(C(=O)N(C)C(C)c2cccc(NC(=O)c3ccccc3)c2)c(C)n1C(C)C. The fourth-order valence-corrected chi connectivity index (χ4v) is 4.05. The number of hydrogen-bond acceptors (Lipinski definition) is 2. The van der Waals surface area contributed by atoms with Gasteiger partial charge in [0.2, 0.25) is 0 Å². The van der Waals surface area contributed by atoms with E-state index in [9.17, 15) is 9.59 Å².